The Hall–Kier alpha value is -1.85. The van der Waals surface area contributed by atoms with Crippen LogP contribution in [-0.2, 0) is 16.1 Å². The number of benzene rings is 1. The average molecular weight is 296 g/mol. The van der Waals surface area contributed by atoms with Crippen LogP contribution in [-0.4, -0.2) is 25.2 Å². The molecule has 0 saturated carbocycles. The number of aromatic nitrogens is 1. The lowest BCUT2D eigenvalue weighted by molar-refractivity contribution is 0.0559. The Balaban J connectivity index is 2.52. The molecule has 2 aromatic rings. The maximum absolute atomic E-state index is 11.7. The van der Waals surface area contributed by atoms with Gasteiger partial charge in [-0.25, -0.2) is 9.78 Å². The second-order valence-corrected chi connectivity index (χ2v) is 4.53. The van der Waals surface area contributed by atoms with E-state index in [4.69, 9.17) is 20.8 Å². The summed E-state index contributed by atoms with van der Waals surface area (Å²) >= 11 is 6.23. The molecule has 0 saturated heterocycles. The predicted octanol–water partition coefficient (Wildman–Crippen LogP) is 3.24. The Morgan fingerprint density at radius 1 is 1.40 bits per heavy atom. The van der Waals surface area contributed by atoms with Gasteiger partial charge in [0.1, 0.15) is 5.69 Å². The molecule has 1 heterocycles. The summed E-state index contributed by atoms with van der Waals surface area (Å²) in [5, 5.41) is 0.536. The first-order chi connectivity index (χ1) is 9.58. The minimum atomic E-state index is -0.598. The van der Waals surface area contributed by atoms with Crippen LogP contribution in [0.4, 0.5) is 0 Å². The lowest BCUT2D eigenvalue weighted by Crippen LogP contribution is -2.04. The molecule has 5 nitrogen and oxygen atoms in total. The highest BCUT2D eigenvalue weighted by atomic mass is 35.5. The zero-order chi connectivity index (χ0) is 14.7. The van der Waals surface area contributed by atoms with Gasteiger partial charge in [-0.1, -0.05) is 23.7 Å². The average Bonchev–Trinajstić information content (AvgIpc) is 2.85. The van der Waals surface area contributed by atoms with Crippen LogP contribution >= 0.6 is 11.6 Å². The van der Waals surface area contributed by atoms with Gasteiger partial charge >= 0.3 is 5.97 Å². The van der Waals surface area contributed by atoms with Crippen molar-refractivity contribution in [2.75, 3.05) is 14.2 Å². The summed E-state index contributed by atoms with van der Waals surface area (Å²) in [5.74, 6) is -0.298. The lowest BCUT2D eigenvalue weighted by Gasteiger charge is -2.02. The first-order valence-electron chi connectivity index (χ1n) is 5.91. The Morgan fingerprint density at radius 3 is 2.80 bits per heavy atom. The molecule has 2 rings (SSSR count). The first-order valence-corrected chi connectivity index (χ1v) is 6.28. The number of rotatable bonds is 4. The molecule has 0 aliphatic heterocycles. The molecule has 0 aliphatic rings. The van der Waals surface area contributed by atoms with Crippen LogP contribution in [0, 0.1) is 6.92 Å². The van der Waals surface area contributed by atoms with Crippen molar-refractivity contribution < 1.29 is 18.7 Å². The van der Waals surface area contributed by atoms with Gasteiger partial charge in [-0.15, -0.1) is 0 Å². The minimum Gasteiger partial charge on any atom is -0.463 e. The molecule has 0 radical (unpaired) electrons. The van der Waals surface area contributed by atoms with E-state index in [9.17, 15) is 4.79 Å². The van der Waals surface area contributed by atoms with Gasteiger partial charge in [-0.3, -0.25) is 0 Å². The van der Waals surface area contributed by atoms with Crippen molar-refractivity contribution >= 4 is 17.6 Å². The van der Waals surface area contributed by atoms with Crippen molar-refractivity contribution in [3.05, 3.63) is 40.2 Å². The number of methoxy groups -OCH3 is 2. The molecule has 0 bridgehead atoms. The third-order valence-electron chi connectivity index (χ3n) is 2.77. The van der Waals surface area contributed by atoms with Gasteiger partial charge in [0, 0.05) is 7.11 Å². The topological polar surface area (TPSA) is 61.6 Å². The lowest BCUT2D eigenvalue weighted by atomic mass is 10.1. The zero-order valence-electron chi connectivity index (χ0n) is 11.4. The molecule has 0 aliphatic carbocycles. The smallest absolute Gasteiger partial charge is 0.376 e. The van der Waals surface area contributed by atoms with Crippen molar-refractivity contribution in [2.45, 2.75) is 13.5 Å². The van der Waals surface area contributed by atoms with Gasteiger partial charge in [0.05, 0.1) is 24.3 Å². The molecule has 0 atom stereocenters. The Kier molecular flexibility index (Phi) is 4.42. The van der Waals surface area contributed by atoms with Crippen LogP contribution in [0.2, 0.25) is 5.02 Å². The molecule has 106 valence electrons. The van der Waals surface area contributed by atoms with Crippen molar-refractivity contribution in [3.63, 3.8) is 0 Å². The summed E-state index contributed by atoms with van der Waals surface area (Å²) in [6.45, 7) is 2.03. The Labute approximate surface area is 121 Å². The van der Waals surface area contributed by atoms with E-state index in [1.54, 1.807) is 6.07 Å². The van der Waals surface area contributed by atoms with E-state index in [-0.39, 0.29) is 18.3 Å². The molecule has 0 fully saturated rings. The minimum absolute atomic E-state index is 0.0296. The maximum atomic E-state index is 11.7. The molecule has 0 unspecified atom stereocenters. The van der Waals surface area contributed by atoms with E-state index in [0.717, 1.165) is 5.56 Å². The SMILES string of the molecule is COCc1nc(-c2cccc(C)c2Cl)oc1C(=O)OC. The number of ether oxygens (including phenoxy) is 2. The number of carbonyl (C=O) groups is 1. The summed E-state index contributed by atoms with van der Waals surface area (Å²) in [6.07, 6.45) is 0. The van der Waals surface area contributed by atoms with Crippen LogP contribution in [0.5, 0.6) is 0 Å². The summed E-state index contributed by atoms with van der Waals surface area (Å²) in [7, 11) is 2.79. The van der Waals surface area contributed by atoms with Crippen LogP contribution < -0.4 is 0 Å². The molecule has 6 heteroatoms. The summed E-state index contributed by atoms with van der Waals surface area (Å²) in [4.78, 5) is 15.9. The number of oxazole rings is 1. The van der Waals surface area contributed by atoms with E-state index in [1.807, 2.05) is 19.1 Å². The highest BCUT2D eigenvalue weighted by molar-refractivity contribution is 6.33. The van der Waals surface area contributed by atoms with Crippen LogP contribution in [0.15, 0.2) is 22.6 Å². The third kappa shape index (κ3) is 2.69. The second-order valence-electron chi connectivity index (χ2n) is 4.16. The number of esters is 1. The van der Waals surface area contributed by atoms with Crippen molar-refractivity contribution in [1.29, 1.82) is 0 Å². The highest BCUT2D eigenvalue weighted by Gasteiger charge is 2.22. The van der Waals surface area contributed by atoms with Gasteiger partial charge in [0.2, 0.25) is 11.7 Å². The summed E-state index contributed by atoms with van der Waals surface area (Å²) in [6, 6.07) is 5.50. The summed E-state index contributed by atoms with van der Waals surface area (Å²) in [5.41, 5.74) is 1.90. The van der Waals surface area contributed by atoms with E-state index >= 15 is 0 Å². The maximum Gasteiger partial charge on any atom is 0.376 e. The molecular weight excluding hydrogens is 282 g/mol. The predicted molar refractivity (Wildman–Crippen MR) is 73.7 cm³/mol. The number of hydrogen-bond acceptors (Lipinski definition) is 5. The number of hydrogen-bond donors (Lipinski definition) is 0. The fourth-order valence-electron chi connectivity index (χ4n) is 1.77. The van der Waals surface area contributed by atoms with Crippen molar-refractivity contribution in [1.82, 2.24) is 4.98 Å². The third-order valence-corrected chi connectivity index (χ3v) is 3.27. The Bertz CT molecular complexity index is 636. The molecular formula is C14H14ClNO4. The van der Waals surface area contributed by atoms with E-state index < -0.39 is 5.97 Å². The Morgan fingerprint density at radius 2 is 2.15 bits per heavy atom. The first kappa shape index (κ1) is 14.6. The van der Waals surface area contributed by atoms with Gasteiger partial charge in [-0.2, -0.15) is 0 Å². The van der Waals surface area contributed by atoms with Gasteiger partial charge in [-0.05, 0) is 18.6 Å². The molecule has 20 heavy (non-hydrogen) atoms. The molecule has 0 N–H and O–H groups in total. The fourth-order valence-corrected chi connectivity index (χ4v) is 1.97. The number of nitrogens with zero attached hydrogens (tertiary/aromatic N) is 1. The molecule has 1 aromatic carbocycles. The van der Waals surface area contributed by atoms with Gasteiger partial charge in [0.15, 0.2) is 0 Å². The highest BCUT2D eigenvalue weighted by Crippen LogP contribution is 2.31. The van der Waals surface area contributed by atoms with Crippen LogP contribution in [0.25, 0.3) is 11.5 Å². The fraction of sp³-hybridized carbons (Fsp3) is 0.286. The van der Waals surface area contributed by atoms with Crippen LogP contribution in [0.1, 0.15) is 21.8 Å². The summed E-state index contributed by atoms with van der Waals surface area (Å²) < 4.78 is 15.2. The number of aryl methyl sites for hydroxylation is 1. The van der Waals surface area contributed by atoms with Crippen molar-refractivity contribution in [2.24, 2.45) is 0 Å². The van der Waals surface area contributed by atoms with Crippen LogP contribution in [0.3, 0.4) is 0 Å². The molecule has 0 amide bonds. The van der Waals surface area contributed by atoms with Gasteiger partial charge < -0.3 is 13.9 Å². The second kappa shape index (κ2) is 6.07. The monoisotopic (exact) mass is 295 g/mol. The molecule has 1 aromatic heterocycles. The standard InChI is InChI=1S/C14H14ClNO4/c1-8-5-4-6-9(11(8)15)13-16-10(7-18-2)12(20-13)14(17)19-3/h4-6H,7H2,1-3H3. The quantitative estimate of drug-likeness (QED) is 0.810. The molecule has 0 spiro atoms. The van der Waals surface area contributed by atoms with Crippen molar-refractivity contribution in [3.8, 4) is 11.5 Å². The van der Waals surface area contributed by atoms with E-state index in [2.05, 4.69) is 9.72 Å². The normalized spacial score (nSPS) is 10.6. The van der Waals surface area contributed by atoms with E-state index in [0.29, 0.717) is 16.3 Å². The number of halogens is 1. The zero-order valence-corrected chi connectivity index (χ0v) is 12.2. The van der Waals surface area contributed by atoms with E-state index in [1.165, 1.54) is 14.2 Å². The largest absolute Gasteiger partial charge is 0.463 e. The van der Waals surface area contributed by atoms with Gasteiger partial charge in [0.25, 0.3) is 0 Å². The number of carbonyl (C=O) groups excluding carboxylic acids is 1.